The summed E-state index contributed by atoms with van der Waals surface area (Å²) in [6, 6.07) is 9.95. The molecule has 0 bridgehead atoms. The number of ether oxygens (including phenoxy) is 3. The molecule has 0 fully saturated rings. The average molecular weight is 604 g/mol. The molecule has 43 heavy (non-hydrogen) atoms. The number of amidine groups is 1. The number of hydrogen-bond donors (Lipinski definition) is 0. The lowest BCUT2D eigenvalue weighted by atomic mass is 9.77. The molecule has 0 aromatic heterocycles. The van der Waals surface area contributed by atoms with Crippen molar-refractivity contribution < 1.29 is 43.1 Å². The summed E-state index contributed by atoms with van der Waals surface area (Å²) in [5.74, 6) is -0.271. The zero-order valence-corrected chi connectivity index (χ0v) is 24.7. The number of carbonyl (C=O) groups is 3. The summed E-state index contributed by atoms with van der Waals surface area (Å²) in [4.78, 5) is 55.4. The molecule has 0 saturated heterocycles. The van der Waals surface area contributed by atoms with Gasteiger partial charge in [-0.2, -0.15) is 0 Å². The third-order valence-corrected chi connectivity index (χ3v) is 5.97. The van der Waals surface area contributed by atoms with Crippen molar-refractivity contribution in [3.8, 4) is 5.75 Å². The first-order chi connectivity index (χ1) is 19.6. The Bertz CT molecular complexity index is 1430. The quantitative estimate of drug-likeness (QED) is 0.191. The summed E-state index contributed by atoms with van der Waals surface area (Å²) in [5.41, 5.74) is 4.80. The zero-order chi connectivity index (χ0) is 31.6. The van der Waals surface area contributed by atoms with Gasteiger partial charge in [-0.3, -0.25) is 29.2 Å². The number of fused-ring (bicyclic) bond motifs is 1. The van der Waals surface area contributed by atoms with E-state index in [1.807, 2.05) is 13.0 Å². The Morgan fingerprint density at radius 1 is 0.977 bits per heavy atom. The molecular weight excluding hydrogens is 569 g/mol. The summed E-state index contributed by atoms with van der Waals surface area (Å²) < 4.78 is 14.7. The Balaban J connectivity index is 0.000000320. The highest BCUT2D eigenvalue weighted by atomic mass is 19.0. The van der Waals surface area contributed by atoms with Crippen LogP contribution in [0.1, 0.15) is 62.8 Å². The van der Waals surface area contributed by atoms with Crippen LogP contribution >= 0.6 is 0 Å². The average Bonchev–Trinajstić information content (AvgIpc) is 3.35. The molecule has 13 nitrogen and oxygen atoms in total. The number of benzene rings is 2. The highest BCUT2D eigenvalue weighted by molar-refractivity contribution is 5.80. The number of carbonyl (C=O) groups excluding carboxylic acids is 3. The maximum absolute atomic E-state index is 11.4. The van der Waals surface area contributed by atoms with Crippen LogP contribution in [0.3, 0.4) is 0 Å². The van der Waals surface area contributed by atoms with Crippen LogP contribution < -0.4 is 4.74 Å². The molecule has 0 spiro atoms. The number of hydrogen-bond acceptors (Lipinski definition) is 11. The van der Waals surface area contributed by atoms with Crippen LogP contribution in [0.15, 0.2) is 53.2 Å². The van der Waals surface area contributed by atoms with Crippen molar-refractivity contribution in [2.24, 2.45) is 4.99 Å². The molecule has 2 aliphatic rings. The number of rotatable bonds is 5. The van der Waals surface area contributed by atoms with Gasteiger partial charge in [-0.1, -0.05) is 24.9 Å². The van der Waals surface area contributed by atoms with Gasteiger partial charge < -0.3 is 24.3 Å². The standard InChI is InChI=1S/C13H16O2.C9H9NO4.C7H8N2O4.FH/c1-8-5-9(2)12-10(6-8)15-11(14)7-13(12,3)4;1-7(11)14-6-8-2-4-9(5-3-8)10(12)13;1-5(10)13-4-6-2-7(8-3-6)9(11)12;/h5-6H,7H2,1-4H3;2-5H,6H2,1H3;3H,2,4H2,1H3;1H. The highest BCUT2D eigenvalue weighted by Crippen LogP contribution is 2.41. The SMILES string of the molecule is CC(=O)OCC1=CN=C([N+](=O)[O-])C1.CC(=O)OCc1ccc([N+](=O)[O-])cc1.Cc1cc(C)c2c(c1)OC(=O)CC2(C)C.F. The monoisotopic (exact) mass is 603 g/mol. The number of aliphatic imine (C=N–C) groups is 1. The van der Waals surface area contributed by atoms with Crippen molar-refractivity contribution in [2.75, 3.05) is 6.61 Å². The molecule has 2 heterocycles. The molecule has 4 rings (SSSR count). The van der Waals surface area contributed by atoms with E-state index in [4.69, 9.17) is 9.47 Å². The van der Waals surface area contributed by atoms with Gasteiger partial charge in [0.1, 0.15) is 25.2 Å². The van der Waals surface area contributed by atoms with Crippen LogP contribution in [-0.4, -0.2) is 40.2 Å². The predicted molar refractivity (Wildman–Crippen MR) is 154 cm³/mol. The van der Waals surface area contributed by atoms with Crippen molar-refractivity contribution in [1.82, 2.24) is 0 Å². The lowest BCUT2D eigenvalue weighted by Crippen LogP contribution is -2.31. The molecule has 0 amide bonds. The van der Waals surface area contributed by atoms with E-state index in [1.54, 1.807) is 12.1 Å². The van der Waals surface area contributed by atoms with Gasteiger partial charge in [0.25, 0.3) is 5.69 Å². The third-order valence-electron chi connectivity index (χ3n) is 5.97. The second kappa shape index (κ2) is 15.8. The molecule has 2 aliphatic heterocycles. The van der Waals surface area contributed by atoms with Gasteiger partial charge in [-0.05, 0) is 53.7 Å². The number of halogens is 1. The van der Waals surface area contributed by atoms with Crippen LogP contribution in [0.2, 0.25) is 0 Å². The second-order valence-corrected chi connectivity index (χ2v) is 10.2. The number of aryl methyl sites for hydroxylation is 2. The van der Waals surface area contributed by atoms with E-state index in [0.717, 1.165) is 16.9 Å². The van der Waals surface area contributed by atoms with Gasteiger partial charge in [-0.25, -0.2) is 0 Å². The number of nitro benzene ring substituents is 1. The first kappa shape index (κ1) is 36.0. The van der Waals surface area contributed by atoms with Gasteiger partial charge in [-0.15, -0.1) is 0 Å². The van der Waals surface area contributed by atoms with Crippen molar-refractivity contribution in [2.45, 2.75) is 66.4 Å². The van der Waals surface area contributed by atoms with Crippen LogP contribution in [0.25, 0.3) is 0 Å². The molecular formula is C29H34FN3O10. The molecule has 2 aromatic rings. The number of esters is 3. The highest BCUT2D eigenvalue weighted by Gasteiger charge is 2.35. The van der Waals surface area contributed by atoms with Gasteiger partial charge in [0.05, 0.1) is 17.8 Å². The summed E-state index contributed by atoms with van der Waals surface area (Å²) in [5, 5.41) is 20.5. The summed E-state index contributed by atoms with van der Waals surface area (Å²) in [6.07, 6.45) is 1.98. The normalized spacial score (nSPS) is 14.0. The Labute approximate surface area is 247 Å². The minimum Gasteiger partial charge on any atom is -0.461 e. The first-order valence-electron chi connectivity index (χ1n) is 12.8. The Morgan fingerprint density at radius 3 is 2.07 bits per heavy atom. The predicted octanol–water partition coefficient (Wildman–Crippen LogP) is 5.21. The Kier molecular flexibility index (Phi) is 13.3. The van der Waals surface area contributed by atoms with E-state index in [9.17, 15) is 34.6 Å². The van der Waals surface area contributed by atoms with E-state index in [2.05, 4.69) is 36.6 Å². The minimum absolute atomic E-state index is 0. The fourth-order valence-corrected chi connectivity index (χ4v) is 4.24. The van der Waals surface area contributed by atoms with Crippen molar-refractivity contribution >= 4 is 29.4 Å². The van der Waals surface area contributed by atoms with Gasteiger partial charge in [0.15, 0.2) is 0 Å². The van der Waals surface area contributed by atoms with Gasteiger partial charge >= 0.3 is 23.7 Å². The molecule has 14 heteroatoms. The molecule has 0 saturated carbocycles. The summed E-state index contributed by atoms with van der Waals surface area (Å²) in [6.45, 7) is 11.1. The van der Waals surface area contributed by atoms with E-state index in [0.29, 0.717) is 12.0 Å². The fourth-order valence-electron chi connectivity index (χ4n) is 4.24. The van der Waals surface area contributed by atoms with E-state index >= 15 is 0 Å². The molecule has 2 aromatic carbocycles. The molecule has 0 unspecified atom stereocenters. The lowest BCUT2D eigenvalue weighted by molar-refractivity contribution is -0.384. The van der Waals surface area contributed by atoms with E-state index < -0.39 is 15.8 Å². The molecule has 0 N–H and O–H groups in total. The second-order valence-electron chi connectivity index (χ2n) is 10.2. The number of non-ortho nitro benzene ring substituents is 1. The summed E-state index contributed by atoms with van der Waals surface area (Å²) in [7, 11) is 0. The Morgan fingerprint density at radius 2 is 1.56 bits per heavy atom. The largest absolute Gasteiger partial charge is 0.461 e. The van der Waals surface area contributed by atoms with Crippen LogP contribution in [0.4, 0.5) is 10.4 Å². The van der Waals surface area contributed by atoms with E-state index in [-0.39, 0.29) is 53.2 Å². The van der Waals surface area contributed by atoms with Crippen molar-refractivity contribution in [3.05, 3.63) is 90.7 Å². The Hall–Kier alpha value is -5.01. The summed E-state index contributed by atoms with van der Waals surface area (Å²) >= 11 is 0. The first-order valence-corrected chi connectivity index (χ1v) is 12.8. The molecule has 0 atom stereocenters. The van der Waals surface area contributed by atoms with Gasteiger partial charge in [0.2, 0.25) is 0 Å². The van der Waals surface area contributed by atoms with Crippen LogP contribution in [0.5, 0.6) is 5.75 Å². The molecule has 0 radical (unpaired) electrons. The maximum Gasteiger partial charge on any atom is 0.343 e. The number of nitrogens with zero attached hydrogens (tertiary/aromatic N) is 3. The van der Waals surface area contributed by atoms with Crippen molar-refractivity contribution in [1.29, 1.82) is 0 Å². The topological polar surface area (TPSA) is 178 Å². The van der Waals surface area contributed by atoms with E-state index in [1.165, 1.54) is 43.3 Å². The maximum atomic E-state index is 11.4. The lowest BCUT2D eigenvalue weighted by Gasteiger charge is -2.32. The van der Waals surface area contributed by atoms with Crippen molar-refractivity contribution in [3.63, 3.8) is 0 Å². The van der Waals surface area contributed by atoms with Crippen LogP contribution in [-0.2, 0) is 35.9 Å². The van der Waals surface area contributed by atoms with Crippen LogP contribution in [0, 0.1) is 34.1 Å². The smallest absolute Gasteiger partial charge is 0.343 e. The number of nitro groups is 2. The third kappa shape index (κ3) is 11.4. The minimum atomic E-state index is -0.544. The zero-order valence-electron chi connectivity index (χ0n) is 24.7. The fraction of sp³-hybridized carbons (Fsp3) is 0.379. The molecule has 0 aliphatic carbocycles. The molecule has 232 valence electrons. The van der Waals surface area contributed by atoms with Gasteiger partial charge in [0, 0.05) is 42.5 Å².